The largest absolute Gasteiger partial charge is 0.481 e. The van der Waals surface area contributed by atoms with Gasteiger partial charge in [0.05, 0.1) is 19.8 Å². The number of aliphatic hydroxyl groups excluding tert-OH is 1. The molecule has 0 bridgehead atoms. The summed E-state index contributed by atoms with van der Waals surface area (Å²) < 4.78 is 5.11. The molecule has 0 saturated carbocycles. The first-order valence-electron chi connectivity index (χ1n) is 9.67. The van der Waals surface area contributed by atoms with Gasteiger partial charge in [0.15, 0.2) is 5.78 Å². The lowest BCUT2D eigenvalue weighted by molar-refractivity contribution is -0.141. The lowest BCUT2D eigenvalue weighted by Gasteiger charge is -2.16. The van der Waals surface area contributed by atoms with Gasteiger partial charge in [0.2, 0.25) is 5.91 Å². The molecule has 0 saturated heterocycles. The Balaban J connectivity index is 2.49. The van der Waals surface area contributed by atoms with Gasteiger partial charge in [-0.25, -0.2) is 0 Å². The standard InChI is InChI=1S/C21H29NO7/c23-9-11-29-10-5-4-8-18(24)15-22-21(28)17(13-19(25)14-20(26)27)12-16-6-2-1-3-7-16/h1-3,6-7,17,23H,4-5,8-15H2,(H,22,28)(H,26,27). The molecule has 0 radical (unpaired) electrons. The fourth-order valence-electron chi connectivity index (χ4n) is 2.78. The molecule has 1 aromatic carbocycles. The number of unbranched alkanes of at least 4 members (excludes halogenated alkanes) is 1. The Morgan fingerprint density at radius 3 is 2.38 bits per heavy atom. The Morgan fingerprint density at radius 1 is 1.00 bits per heavy atom. The first-order valence-corrected chi connectivity index (χ1v) is 9.67. The van der Waals surface area contributed by atoms with E-state index >= 15 is 0 Å². The molecule has 160 valence electrons. The van der Waals surface area contributed by atoms with Crippen LogP contribution in [0.2, 0.25) is 0 Å². The van der Waals surface area contributed by atoms with E-state index in [0.717, 1.165) is 5.56 Å². The van der Waals surface area contributed by atoms with E-state index in [9.17, 15) is 19.2 Å². The molecule has 0 fully saturated rings. The minimum Gasteiger partial charge on any atom is -0.481 e. The van der Waals surface area contributed by atoms with E-state index in [-0.39, 0.29) is 38.4 Å². The zero-order valence-corrected chi connectivity index (χ0v) is 16.5. The Morgan fingerprint density at radius 2 is 1.72 bits per heavy atom. The second-order valence-corrected chi connectivity index (χ2v) is 6.75. The molecule has 3 N–H and O–H groups in total. The van der Waals surface area contributed by atoms with Gasteiger partial charge in [-0.05, 0) is 24.8 Å². The van der Waals surface area contributed by atoms with E-state index in [4.69, 9.17) is 14.9 Å². The summed E-state index contributed by atoms with van der Waals surface area (Å²) in [4.78, 5) is 47.1. The fraction of sp³-hybridized carbons (Fsp3) is 0.524. The number of Topliss-reactive ketones (excluding diaryl/α,β-unsaturated/α-hetero) is 2. The van der Waals surface area contributed by atoms with Crippen molar-refractivity contribution in [1.82, 2.24) is 5.32 Å². The minimum atomic E-state index is -1.23. The molecule has 0 aliphatic heterocycles. The zero-order chi connectivity index (χ0) is 21.5. The number of benzene rings is 1. The highest BCUT2D eigenvalue weighted by Gasteiger charge is 2.23. The predicted molar refractivity (Wildman–Crippen MR) is 105 cm³/mol. The quantitative estimate of drug-likeness (QED) is 0.277. The number of nitrogens with one attached hydrogen (secondary N) is 1. The Labute approximate surface area is 170 Å². The third-order valence-corrected chi connectivity index (χ3v) is 4.21. The van der Waals surface area contributed by atoms with Crippen LogP contribution in [0.1, 0.15) is 37.7 Å². The van der Waals surface area contributed by atoms with E-state index in [2.05, 4.69) is 5.32 Å². The normalized spacial score (nSPS) is 11.6. The summed E-state index contributed by atoms with van der Waals surface area (Å²) >= 11 is 0. The average molecular weight is 407 g/mol. The van der Waals surface area contributed by atoms with E-state index < -0.39 is 30.0 Å². The van der Waals surface area contributed by atoms with Crippen molar-refractivity contribution in [3.8, 4) is 0 Å². The van der Waals surface area contributed by atoms with Gasteiger partial charge in [-0.2, -0.15) is 0 Å². The Hall–Kier alpha value is -2.58. The first-order chi connectivity index (χ1) is 13.9. The van der Waals surface area contributed by atoms with Crippen LogP contribution in [0.15, 0.2) is 30.3 Å². The highest BCUT2D eigenvalue weighted by molar-refractivity contribution is 5.97. The van der Waals surface area contributed by atoms with E-state index in [0.29, 0.717) is 25.9 Å². The molecule has 1 rings (SSSR count). The van der Waals surface area contributed by atoms with Crippen molar-refractivity contribution in [3.05, 3.63) is 35.9 Å². The van der Waals surface area contributed by atoms with E-state index in [1.165, 1.54) is 0 Å². The van der Waals surface area contributed by atoms with Crippen molar-refractivity contribution in [2.75, 3.05) is 26.4 Å². The number of aliphatic carboxylic acids is 1. The molecular weight excluding hydrogens is 378 g/mol. The minimum absolute atomic E-state index is 0.0376. The molecule has 0 spiro atoms. The summed E-state index contributed by atoms with van der Waals surface area (Å²) in [5.41, 5.74) is 0.852. The predicted octanol–water partition coefficient (Wildman–Crippen LogP) is 1.14. The van der Waals surface area contributed by atoms with Crippen LogP contribution >= 0.6 is 0 Å². The van der Waals surface area contributed by atoms with Crippen LogP contribution in [0.25, 0.3) is 0 Å². The van der Waals surface area contributed by atoms with Crippen molar-refractivity contribution in [1.29, 1.82) is 0 Å². The van der Waals surface area contributed by atoms with E-state index in [1.807, 2.05) is 30.3 Å². The van der Waals surface area contributed by atoms with Crippen LogP contribution in [0.5, 0.6) is 0 Å². The molecule has 1 atom stereocenters. The molecule has 0 aliphatic carbocycles. The highest BCUT2D eigenvalue weighted by atomic mass is 16.5. The molecule has 0 heterocycles. The van der Waals surface area contributed by atoms with E-state index in [1.54, 1.807) is 0 Å². The first kappa shape index (κ1) is 24.5. The van der Waals surface area contributed by atoms with Gasteiger partial charge in [0, 0.05) is 25.4 Å². The summed E-state index contributed by atoms with van der Waals surface area (Å²) in [7, 11) is 0. The molecule has 0 aliphatic rings. The lowest BCUT2D eigenvalue weighted by atomic mass is 9.92. The average Bonchev–Trinajstić information content (AvgIpc) is 2.68. The molecule has 8 nitrogen and oxygen atoms in total. The number of carboxylic acids is 1. The molecule has 1 unspecified atom stereocenters. The van der Waals surface area contributed by atoms with Crippen LogP contribution in [0, 0.1) is 5.92 Å². The molecule has 8 heteroatoms. The number of carbonyl (C=O) groups excluding carboxylic acids is 3. The number of ether oxygens (including phenoxy) is 1. The van der Waals surface area contributed by atoms with Crippen molar-refractivity contribution < 1.29 is 34.1 Å². The summed E-state index contributed by atoms with van der Waals surface area (Å²) in [6.07, 6.45) is 1.06. The molecule has 1 amide bonds. The number of carbonyl (C=O) groups is 4. The maximum atomic E-state index is 12.5. The smallest absolute Gasteiger partial charge is 0.310 e. The second-order valence-electron chi connectivity index (χ2n) is 6.75. The molecular formula is C21H29NO7. The van der Waals surface area contributed by atoms with Crippen molar-refractivity contribution in [3.63, 3.8) is 0 Å². The highest BCUT2D eigenvalue weighted by Crippen LogP contribution is 2.14. The maximum absolute atomic E-state index is 12.5. The Kier molecular flexibility index (Phi) is 12.2. The third kappa shape index (κ3) is 11.8. The Bertz CT molecular complexity index is 660. The number of amides is 1. The number of rotatable bonds is 16. The van der Waals surface area contributed by atoms with Crippen LogP contribution in [-0.2, 0) is 30.3 Å². The van der Waals surface area contributed by atoms with Crippen LogP contribution in [0.3, 0.4) is 0 Å². The van der Waals surface area contributed by atoms with Crippen LogP contribution in [-0.4, -0.2) is 60.0 Å². The van der Waals surface area contributed by atoms with Gasteiger partial charge in [0.25, 0.3) is 0 Å². The fourth-order valence-corrected chi connectivity index (χ4v) is 2.78. The van der Waals surface area contributed by atoms with Gasteiger partial charge in [-0.1, -0.05) is 30.3 Å². The van der Waals surface area contributed by atoms with Crippen molar-refractivity contribution in [2.45, 2.75) is 38.5 Å². The van der Waals surface area contributed by atoms with Gasteiger partial charge < -0.3 is 20.3 Å². The van der Waals surface area contributed by atoms with Gasteiger partial charge in [-0.15, -0.1) is 0 Å². The molecule has 0 aromatic heterocycles. The topological polar surface area (TPSA) is 130 Å². The SMILES string of the molecule is O=C(O)CC(=O)CC(Cc1ccccc1)C(=O)NCC(=O)CCCCOCCO. The molecule has 29 heavy (non-hydrogen) atoms. The van der Waals surface area contributed by atoms with Crippen LogP contribution < -0.4 is 5.32 Å². The summed E-state index contributed by atoms with van der Waals surface area (Å²) in [6.45, 7) is 0.567. The number of hydrogen-bond acceptors (Lipinski definition) is 6. The number of carboxylic acid groups (broad SMARTS) is 1. The molecule has 1 aromatic rings. The maximum Gasteiger partial charge on any atom is 0.310 e. The number of ketones is 2. The number of hydrogen-bond donors (Lipinski definition) is 3. The van der Waals surface area contributed by atoms with Gasteiger partial charge >= 0.3 is 5.97 Å². The summed E-state index contributed by atoms with van der Waals surface area (Å²) in [5, 5.41) is 19.9. The second kappa shape index (κ2) is 14.4. The van der Waals surface area contributed by atoms with Gasteiger partial charge in [0.1, 0.15) is 12.2 Å². The van der Waals surface area contributed by atoms with Crippen LogP contribution in [0.4, 0.5) is 0 Å². The summed E-state index contributed by atoms with van der Waals surface area (Å²) in [6, 6.07) is 9.12. The monoisotopic (exact) mass is 407 g/mol. The third-order valence-electron chi connectivity index (χ3n) is 4.21. The summed E-state index contributed by atoms with van der Waals surface area (Å²) in [5.74, 6) is -3.05. The van der Waals surface area contributed by atoms with Crippen molar-refractivity contribution >= 4 is 23.4 Å². The zero-order valence-electron chi connectivity index (χ0n) is 16.5. The van der Waals surface area contributed by atoms with Crippen molar-refractivity contribution in [2.24, 2.45) is 5.92 Å². The number of aliphatic hydroxyl groups is 1. The lowest BCUT2D eigenvalue weighted by Crippen LogP contribution is -2.36. The van der Waals surface area contributed by atoms with Gasteiger partial charge in [-0.3, -0.25) is 19.2 Å².